The molecule has 0 heterocycles. The van der Waals surface area contributed by atoms with Gasteiger partial charge in [0.05, 0.1) is 27.0 Å². The molecular formula is C22H27NO6. The van der Waals surface area contributed by atoms with Crippen LogP contribution in [0.25, 0.3) is 0 Å². The van der Waals surface area contributed by atoms with Crippen molar-refractivity contribution in [3.63, 3.8) is 0 Å². The third kappa shape index (κ3) is 6.14. The number of esters is 1. The molecule has 0 aliphatic rings. The molecule has 1 N–H and O–H groups in total. The van der Waals surface area contributed by atoms with Gasteiger partial charge in [-0.1, -0.05) is 12.1 Å². The lowest BCUT2D eigenvalue weighted by Gasteiger charge is -2.16. The zero-order chi connectivity index (χ0) is 21.4. The van der Waals surface area contributed by atoms with Gasteiger partial charge in [0.15, 0.2) is 17.6 Å². The fourth-order valence-electron chi connectivity index (χ4n) is 2.75. The summed E-state index contributed by atoms with van der Waals surface area (Å²) in [6.07, 6.45) is -0.335. The number of methoxy groups -OCH3 is 3. The van der Waals surface area contributed by atoms with Crippen LogP contribution in [0.5, 0.6) is 17.2 Å². The average molecular weight is 401 g/mol. The smallest absolute Gasteiger partial charge is 0.306 e. The van der Waals surface area contributed by atoms with E-state index in [2.05, 4.69) is 5.32 Å². The first kappa shape index (κ1) is 22.1. The van der Waals surface area contributed by atoms with Gasteiger partial charge in [-0.2, -0.15) is 0 Å². The van der Waals surface area contributed by atoms with Crippen LogP contribution in [0.2, 0.25) is 0 Å². The van der Waals surface area contributed by atoms with E-state index in [0.717, 1.165) is 11.1 Å². The van der Waals surface area contributed by atoms with E-state index in [1.54, 1.807) is 32.4 Å². The second-order valence-corrected chi connectivity index (χ2v) is 6.51. The fourth-order valence-corrected chi connectivity index (χ4v) is 2.75. The Bertz CT molecular complexity index is 864. The molecule has 1 amide bonds. The molecule has 1 atom stereocenters. The van der Waals surface area contributed by atoms with Crippen LogP contribution < -0.4 is 19.5 Å². The normalized spacial score (nSPS) is 11.3. The Kier molecular flexibility index (Phi) is 7.88. The standard InChI is InChI=1S/C22H27NO6/c1-14-6-9-18(26-3)17(12-14)23-22(25)15(2)29-21(24)11-8-16-7-10-19(27-4)20(13-16)28-5/h6-7,9-10,12-13,15H,8,11H2,1-5H3,(H,23,25)/t15-/m1/s1. The molecule has 0 unspecified atom stereocenters. The van der Waals surface area contributed by atoms with E-state index in [-0.39, 0.29) is 6.42 Å². The second kappa shape index (κ2) is 10.4. The molecule has 0 aliphatic heterocycles. The van der Waals surface area contributed by atoms with Gasteiger partial charge in [0.2, 0.25) is 0 Å². The highest BCUT2D eigenvalue weighted by atomic mass is 16.5. The maximum absolute atomic E-state index is 12.4. The van der Waals surface area contributed by atoms with Crippen LogP contribution in [0.15, 0.2) is 36.4 Å². The molecule has 0 spiro atoms. The number of rotatable bonds is 9. The van der Waals surface area contributed by atoms with Gasteiger partial charge >= 0.3 is 5.97 Å². The summed E-state index contributed by atoms with van der Waals surface area (Å²) in [5.41, 5.74) is 2.41. The molecule has 0 saturated carbocycles. The summed E-state index contributed by atoms with van der Waals surface area (Å²) in [7, 11) is 4.64. The number of benzene rings is 2. The SMILES string of the molecule is COc1ccc(C)cc1NC(=O)[C@@H](C)OC(=O)CCc1ccc(OC)c(OC)c1. The summed E-state index contributed by atoms with van der Waals surface area (Å²) >= 11 is 0. The van der Waals surface area contributed by atoms with E-state index in [0.29, 0.717) is 29.4 Å². The van der Waals surface area contributed by atoms with E-state index in [9.17, 15) is 9.59 Å². The van der Waals surface area contributed by atoms with Gasteiger partial charge < -0.3 is 24.3 Å². The predicted molar refractivity (Wildman–Crippen MR) is 110 cm³/mol. The van der Waals surface area contributed by atoms with Gasteiger partial charge in [-0.15, -0.1) is 0 Å². The Labute approximate surface area is 170 Å². The van der Waals surface area contributed by atoms with Crippen molar-refractivity contribution in [2.45, 2.75) is 32.8 Å². The van der Waals surface area contributed by atoms with Gasteiger partial charge in [0, 0.05) is 6.42 Å². The Hall–Kier alpha value is -3.22. The predicted octanol–water partition coefficient (Wildman–Crippen LogP) is 3.52. The van der Waals surface area contributed by atoms with Gasteiger partial charge in [0.25, 0.3) is 5.91 Å². The van der Waals surface area contributed by atoms with Crippen LogP contribution in [-0.4, -0.2) is 39.3 Å². The molecule has 0 bridgehead atoms. The van der Waals surface area contributed by atoms with Crippen LogP contribution in [0.1, 0.15) is 24.5 Å². The van der Waals surface area contributed by atoms with E-state index in [4.69, 9.17) is 18.9 Å². The number of nitrogens with one attached hydrogen (secondary N) is 1. The summed E-state index contributed by atoms with van der Waals surface area (Å²) in [5.74, 6) is 0.872. The second-order valence-electron chi connectivity index (χ2n) is 6.51. The van der Waals surface area contributed by atoms with Crippen molar-refractivity contribution in [2.24, 2.45) is 0 Å². The first-order valence-electron chi connectivity index (χ1n) is 9.23. The summed E-state index contributed by atoms with van der Waals surface area (Å²) in [6, 6.07) is 10.9. The van der Waals surface area contributed by atoms with Crippen LogP contribution in [0.3, 0.4) is 0 Å². The number of ether oxygens (including phenoxy) is 4. The highest BCUT2D eigenvalue weighted by molar-refractivity contribution is 5.96. The number of anilines is 1. The first-order chi connectivity index (χ1) is 13.9. The van der Waals surface area contributed by atoms with E-state index in [1.165, 1.54) is 14.0 Å². The maximum Gasteiger partial charge on any atom is 0.306 e. The minimum atomic E-state index is -0.932. The third-order valence-corrected chi connectivity index (χ3v) is 4.36. The van der Waals surface area contributed by atoms with Crippen molar-refractivity contribution in [3.05, 3.63) is 47.5 Å². The molecular weight excluding hydrogens is 374 g/mol. The summed E-state index contributed by atoms with van der Waals surface area (Å²) in [6.45, 7) is 3.44. The third-order valence-electron chi connectivity index (χ3n) is 4.36. The molecule has 156 valence electrons. The minimum absolute atomic E-state index is 0.140. The van der Waals surface area contributed by atoms with Gasteiger partial charge in [-0.25, -0.2) is 0 Å². The molecule has 2 aromatic carbocycles. The van der Waals surface area contributed by atoms with Crippen LogP contribution in [0.4, 0.5) is 5.69 Å². The van der Waals surface area contributed by atoms with Crippen LogP contribution in [0, 0.1) is 6.92 Å². The van der Waals surface area contributed by atoms with Crippen molar-refractivity contribution in [2.75, 3.05) is 26.6 Å². The van der Waals surface area contributed by atoms with Crippen LogP contribution >= 0.6 is 0 Å². The number of hydrogen-bond acceptors (Lipinski definition) is 6. The zero-order valence-corrected chi connectivity index (χ0v) is 17.4. The van der Waals surface area contributed by atoms with Crippen LogP contribution in [-0.2, 0) is 20.7 Å². The Balaban J connectivity index is 1.90. The Morgan fingerprint density at radius 2 is 1.59 bits per heavy atom. The lowest BCUT2D eigenvalue weighted by Crippen LogP contribution is -2.30. The molecule has 0 saturated heterocycles. The molecule has 7 nitrogen and oxygen atoms in total. The maximum atomic E-state index is 12.4. The summed E-state index contributed by atoms with van der Waals surface area (Å²) in [4.78, 5) is 24.5. The van der Waals surface area contributed by atoms with E-state index >= 15 is 0 Å². The highest BCUT2D eigenvalue weighted by Crippen LogP contribution is 2.28. The Morgan fingerprint density at radius 1 is 0.931 bits per heavy atom. The van der Waals surface area contributed by atoms with Crippen molar-refractivity contribution in [3.8, 4) is 17.2 Å². The largest absolute Gasteiger partial charge is 0.495 e. The van der Waals surface area contributed by atoms with E-state index in [1.807, 2.05) is 25.1 Å². The quantitative estimate of drug-likeness (QED) is 0.648. The molecule has 0 radical (unpaired) electrons. The summed E-state index contributed by atoms with van der Waals surface area (Å²) in [5, 5.41) is 2.74. The van der Waals surface area contributed by atoms with Crippen molar-refractivity contribution < 1.29 is 28.5 Å². The number of amides is 1. The van der Waals surface area contributed by atoms with E-state index < -0.39 is 18.0 Å². The molecule has 29 heavy (non-hydrogen) atoms. The van der Waals surface area contributed by atoms with Crippen molar-refractivity contribution >= 4 is 17.6 Å². The Morgan fingerprint density at radius 3 is 2.24 bits per heavy atom. The number of carbonyl (C=O) groups excluding carboxylic acids is 2. The van der Waals surface area contributed by atoms with Crippen molar-refractivity contribution in [1.29, 1.82) is 0 Å². The first-order valence-corrected chi connectivity index (χ1v) is 9.23. The molecule has 0 fully saturated rings. The molecule has 2 aromatic rings. The lowest BCUT2D eigenvalue weighted by molar-refractivity contribution is -0.153. The molecule has 7 heteroatoms. The lowest BCUT2D eigenvalue weighted by atomic mass is 10.1. The average Bonchev–Trinajstić information content (AvgIpc) is 2.72. The van der Waals surface area contributed by atoms with Gasteiger partial charge in [-0.05, 0) is 55.7 Å². The van der Waals surface area contributed by atoms with Gasteiger partial charge in [0.1, 0.15) is 5.75 Å². The van der Waals surface area contributed by atoms with Crippen molar-refractivity contribution in [1.82, 2.24) is 0 Å². The fraction of sp³-hybridized carbons (Fsp3) is 0.364. The number of carbonyl (C=O) groups is 2. The molecule has 0 aliphatic carbocycles. The monoisotopic (exact) mass is 401 g/mol. The topological polar surface area (TPSA) is 83.1 Å². The number of hydrogen-bond donors (Lipinski definition) is 1. The highest BCUT2D eigenvalue weighted by Gasteiger charge is 2.19. The summed E-state index contributed by atoms with van der Waals surface area (Å²) < 4.78 is 21.0. The molecule has 0 aromatic heterocycles. The molecule has 2 rings (SSSR count). The number of aryl methyl sites for hydroxylation is 2. The zero-order valence-electron chi connectivity index (χ0n) is 17.4. The van der Waals surface area contributed by atoms with Gasteiger partial charge in [-0.3, -0.25) is 9.59 Å². The minimum Gasteiger partial charge on any atom is -0.495 e.